The molecule has 1 fully saturated rings. The van der Waals surface area contributed by atoms with Crippen LogP contribution in [0, 0.1) is 5.92 Å². The van der Waals surface area contributed by atoms with Crippen LogP contribution in [0.15, 0.2) is 60.9 Å². The summed E-state index contributed by atoms with van der Waals surface area (Å²) < 4.78 is 1.67. The number of para-hydroxylation sites is 1. The van der Waals surface area contributed by atoms with Crippen molar-refractivity contribution in [1.29, 1.82) is 0 Å². The summed E-state index contributed by atoms with van der Waals surface area (Å²) in [6.45, 7) is 2.85. The van der Waals surface area contributed by atoms with Gasteiger partial charge in [-0.05, 0) is 74.8 Å². The average molecular weight is 466 g/mol. The van der Waals surface area contributed by atoms with Crippen LogP contribution in [-0.2, 0) is 11.2 Å². The van der Waals surface area contributed by atoms with Gasteiger partial charge in [-0.2, -0.15) is 5.10 Å². The Balaban J connectivity index is 1.35. The number of carbonyl (C=O) groups excluding carboxylic acids is 2. The normalized spacial score (nSPS) is 14.7. The van der Waals surface area contributed by atoms with Crippen LogP contribution in [0.4, 0.5) is 5.69 Å². The van der Waals surface area contributed by atoms with Gasteiger partial charge in [0, 0.05) is 18.3 Å². The second-order valence-electron chi connectivity index (χ2n) is 8.50. The first kappa shape index (κ1) is 23.0. The first-order chi connectivity index (χ1) is 16.0. The number of rotatable bonds is 7. The minimum Gasteiger partial charge on any atom is -0.352 e. The molecule has 0 bridgehead atoms. The van der Waals surface area contributed by atoms with Crippen LogP contribution in [0.1, 0.15) is 28.8 Å². The number of nitrogens with one attached hydrogen (secondary N) is 2. The number of nitrogens with zero attached hydrogens (tertiary/aromatic N) is 3. The molecule has 1 aliphatic rings. The van der Waals surface area contributed by atoms with Gasteiger partial charge in [-0.25, -0.2) is 4.68 Å². The Bertz CT molecular complexity index is 1120. The summed E-state index contributed by atoms with van der Waals surface area (Å²) in [6, 6.07) is 14.4. The smallest absolute Gasteiger partial charge is 0.251 e. The van der Waals surface area contributed by atoms with Crippen LogP contribution in [0.2, 0.25) is 5.02 Å². The molecular formula is C25H28ClN5O2. The van der Waals surface area contributed by atoms with Crippen LogP contribution >= 0.6 is 11.6 Å². The number of aromatic nitrogens is 2. The largest absolute Gasteiger partial charge is 0.352 e. The number of hydrogen-bond acceptors (Lipinski definition) is 4. The zero-order valence-corrected chi connectivity index (χ0v) is 19.4. The molecule has 0 atom stereocenters. The Morgan fingerprint density at radius 2 is 1.91 bits per heavy atom. The monoisotopic (exact) mass is 465 g/mol. The fraction of sp³-hybridized carbons (Fsp3) is 0.320. The fourth-order valence-corrected chi connectivity index (χ4v) is 4.11. The quantitative estimate of drug-likeness (QED) is 0.556. The molecule has 0 radical (unpaired) electrons. The Hall–Kier alpha value is -3.16. The molecule has 0 saturated carbocycles. The van der Waals surface area contributed by atoms with Crippen LogP contribution in [0.25, 0.3) is 5.69 Å². The molecule has 1 aliphatic heterocycles. The highest BCUT2D eigenvalue weighted by atomic mass is 35.5. The number of benzene rings is 2. The molecule has 0 unspecified atom stereocenters. The Labute approximate surface area is 198 Å². The highest BCUT2D eigenvalue weighted by molar-refractivity contribution is 6.33. The second kappa shape index (κ2) is 10.6. The van der Waals surface area contributed by atoms with Crippen LogP contribution in [0.5, 0.6) is 0 Å². The molecule has 8 heteroatoms. The maximum absolute atomic E-state index is 12.7. The third-order valence-electron chi connectivity index (χ3n) is 5.91. The summed E-state index contributed by atoms with van der Waals surface area (Å²) in [5.41, 5.74) is 2.70. The maximum Gasteiger partial charge on any atom is 0.251 e. The molecular weight excluding hydrogens is 438 g/mol. The number of halogens is 1. The lowest BCUT2D eigenvalue weighted by atomic mass is 9.97. The molecule has 3 aromatic rings. The fourth-order valence-electron chi connectivity index (χ4n) is 3.93. The third kappa shape index (κ3) is 6.21. The molecule has 0 spiro atoms. The minimum absolute atomic E-state index is 0.0812. The first-order valence-corrected chi connectivity index (χ1v) is 11.5. The van der Waals surface area contributed by atoms with E-state index in [1.165, 1.54) is 0 Å². The van der Waals surface area contributed by atoms with Crippen molar-refractivity contribution in [1.82, 2.24) is 20.0 Å². The highest BCUT2D eigenvalue weighted by Crippen LogP contribution is 2.21. The summed E-state index contributed by atoms with van der Waals surface area (Å²) in [5.74, 6) is 0.269. The van der Waals surface area contributed by atoms with Gasteiger partial charge in [0.15, 0.2) is 0 Å². The minimum atomic E-state index is -0.176. The van der Waals surface area contributed by atoms with Gasteiger partial charge in [0.2, 0.25) is 5.91 Å². The highest BCUT2D eigenvalue weighted by Gasteiger charge is 2.18. The van der Waals surface area contributed by atoms with Crippen molar-refractivity contribution in [3.8, 4) is 5.69 Å². The van der Waals surface area contributed by atoms with Crippen molar-refractivity contribution in [2.24, 2.45) is 5.92 Å². The van der Waals surface area contributed by atoms with Crippen LogP contribution in [0.3, 0.4) is 0 Å². The second-order valence-corrected chi connectivity index (χ2v) is 8.91. The SMILES string of the molecule is CN1CCC(CNC(=O)c2cccc(-n3cc(CC(=O)Nc4ccccc4Cl)cn3)c2)CC1. The van der Waals surface area contributed by atoms with Crippen molar-refractivity contribution in [2.45, 2.75) is 19.3 Å². The predicted octanol–water partition coefficient (Wildman–Crippen LogP) is 3.78. The van der Waals surface area contributed by atoms with Gasteiger partial charge in [-0.15, -0.1) is 0 Å². The molecule has 0 aliphatic carbocycles. The lowest BCUT2D eigenvalue weighted by Gasteiger charge is -2.28. The number of hydrogen-bond donors (Lipinski definition) is 2. The zero-order chi connectivity index (χ0) is 23.2. The van der Waals surface area contributed by atoms with Gasteiger partial charge in [0.25, 0.3) is 5.91 Å². The number of likely N-dealkylation sites (tertiary alicyclic amines) is 1. The van der Waals surface area contributed by atoms with E-state index in [9.17, 15) is 9.59 Å². The molecule has 2 amide bonds. The van der Waals surface area contributed by atoms with Crippen molar-refractivity contribution in [3.05, 3.63) is 77.1 Å². The number of piperidine rings is 1. The molecule has 172 valence electrons. The lowest BCUT2D eigenvalue weighted by Crippen LogP contribution is -2.36. The summed E-state index contributed by atoms with van der Waals surface area (Å²) in [5, 5.41) is 10.7. The summed E-state index contributed by atoms with van der Waals surface area (Å²) in [4.78, 5) is 27.4. The Kier molecular flexibility index (Phi) is 7.42. The zero-order valence-electron chi connectivity index (χ0n) is 18.6. The standard InChI is InChI=1S/C25H28ClN5O2/c1-30-11-9-18(10-12-30)15-27-25(33)20-5-4-6-21(14-20)31-17-19(16-28-31)13-24(32)29-23-8-3-2-7-22(23)26/h2-8,14,16-18H,9-13,15H2,1H3,(H,27,33)(H,29,32). The van der Waals surface area contributed by atoms with E-state index >= 15 is 0 Å². The maximum atomic E-state index is 12.7. The van der Waals surface area contributed by atoms with Gasteiger partial charge in [-0.1, -0.05) is 29.8 Å². The van der Waals surface area contributed by atoms with E-state index in [-0.39, 0.29) is 18.2 Å². The molecule has 4 rings (SSSR count). The number of carbonyl (C=O) groups is 2. The topological polar surface area (TPSA) is 79.3 Å². The molecule has 2 N–H and O–H groups in total. The van der Waals surface area contributed by atoms with E-state index in [0.29, 0.717) is 28.7 Å². The summed E-state index contributed by atoms with van der Waals surface area (Å²) in [7, 11) is 2.13. The van der Waals surface area contributed by atoms with Gasteiger partial charge >= 0.3 is 0 Å². The van der Waals surface area contributed by atoms with Crippen LogP contribution in [-0.4, -0.2) is 53.2 Å². The van der Waals surface area contributed by atoms with E-state index in [2.05, 4.69) is 27.7 Å². The van der Waals surface area contributed by atoms with Crippen molar-refractivity contribution < 1.29 is 9.59 Å². The Morgan fingerprint density at radius 1 is 1.12 bits per heavy atom. The van der Waals surface area contributed by atoms with E-state index in [1.54, 1.807) is 35.3 Å². The van der Waals surface area contributed by atoms with Crippen LogP contribution < -0.4 is 10.6 Å². The molecule has 2 aromatic carbocycles. The molecule has 33 heavy (non-hydrogen) atoms. The molecule has 1 aromatic heterocycles. The average Bonchev–Trinajstić information content (AvgIpc) is 3.28. The molecule has 7 nitrogen and oxygen atoms in total. The summed E-state index contributed by atoms with van der Waals surface area (Å²) in [6.07, 6.45) is 5.83. The van der Waals surface area contributed by atoms with E-state index in [0.717, 1.165) is 37.2 Å². The van der Waals surface area contributed by atoms with Crippen molar-refractivity contribution in [3.63, 3.8) is 0 Å². The van der Waals surface area contributed by atoms with E-state index in [1.807, 2.05) is 30.3 Å². The van der Waals surface area contributed by atoms with Gasteiger partial charge in [0.1, 0.15) is 0 Å². The molecule has 2 heterocycles. The number of amides is 2. The Morgan fingerprint density at radius 3 is 2.70 bits per heavy atom. The van der Waals surface area contributed by atoms with Gasteiger partial charge < -0.3 is 15.5 Å². The summed E-state index contributed by atoms with van der Waals surface area (Å²) >= 11 is 6.10. The van der Waals surface area contributed by atoms with Gasteiger partial charge in [0.05, 0.1) is 29.0 Å². The van der Waals surface area contributed by atoms with Gasteiger partial charge in [-0.3, -0.25) is 9.59 Å². The van der Waals surface area contributed by atoms with E-state index < -0.39 is 0 Å². The third-order valence-corrected chi connectivity index (χ3v) is 6.24. The van der Waals surface area contributed by atoms with Crippen molar-refractivity contribution in [2.75, 3.05) is 32.0 Å². The van der Waals surface area contributed by atoms with E-state index in [4.69, 9.17) is 11.6 Å². The van der Waals surface area contributed by atoms with Crippen molar-refractivity contribution >= 4 is 29.1 Å². The lowest BCUT2D eigenvalue weighted by molar-refractivity contribution is -0.115. The number of anilines is 1. The predicted molar refractivity (Wildman–Crippen MR) is 130 cm³/mol. The first-order valence-electron chi connectivity index (χ1n) is 11.1. The molecule has 1 saturated heterocycles.